The number of hydrogen-bond donors (Lipinski definition) is 1. The van der Waals surface area contributed by atoms with Gasteiger partial charge in [-0.2, -0.15) is 0 Å². The lowest BCUT2D eigenvalue weighted by atomic mass is 9.98. The van der Waals surface area contributed by atoms with Crippen LogP contribution in [0.4, 0.5) is 0 Å². The van der Waals surface area contributed by atoms with Crippen LogP contribution in [0.1, 0.15) is 31.1 Å². The molecule has 0 bridgehead atoms. The van der Waals surface area contributed by atoms with Crippen LogP contribution in [0.3, 0.4) is 0 Å². The van der Waals surface area contributed by atoms with E-state index in [9.17, 15) is 0 Å². The molecule has 1 aliphatic carbocycles. The van der Waals surface area contributed by atoms with E-state index in [1.165, 1.54) is 41.1 Å². The van der Waals surface area contributed by atoms with E-state index >= 15 is 0 Å². The molecular weight excluding hydrogens is 270 g/mol. The third-order valence-electron chi connectivity index (χ3n) is 4.20. The van der Waals surface area contributed by atoms with Gasteiger partial charge < -0.3 is 5.32 Å². The molecule has 2 unspecified atom stereocenters. The molecule has 0 spiro atoms. The fourth-order valence-electron chi connectivity index (χ4n) is 2.95. The van der Waals surface area contributed by atoms with E-state index in [-0.39, 0.29) is 0 Å². The standard InChI is InChI=1S/C16H21NS2/c1-12-4-2-5-13(12)9-17-10-15-8-14(11-19-15)16-6-3-7-18-16/h3,6-8,11-13,17H,2,4-5,9-10H2,1H3. The highest BCUT2D eigenvalue weighted by atomic mass is 32.1. The highest BCUT2D eigenvalue weighted by molar-refractivity contribution is 7.14. The van der Waals surface area contributed by atoms with Crippen LogP contribution < -0.4 is 5.32 Å². The van der Waals surface area contributed by atoms with E-state index in [4.69, 9.17) is 0 Å². The van der Waals surface area contributed by atoms with Gasteiger partial charge in [0.2, 0.25) is 0 Å². The van der Waals surface area contributed by atoms with Crippen LogP contribution in [0, 0.1) is 11.8 Å². The summed E-state index contributed by atoms with van der Waals surface area (Å²) in [6, 6.07) is 6.66. The fraction of sp³-hybridized carbons (Fsp3) is 0.500. The molecule has 3 rings (SSSR count). The molecule has 0 saturated heterocycles. The zero-order valence-corrected chi connectivity index (χ0v) is 13.0. The molecule has 1 nitrogen and oxygen atoms in total. The quantitative estimate of drug-likeness (QED) is 0.817. The maximum atomic E-state index is 3.65. The van der Waals surface area contributed by atoms with Crippen LogP contribution in [0.5, 0.6) is 0 Å². The normalized spacial score (nSPS) is 23.0. The van der Waals surface area contributed by atoms with Crippen molar-refractivity contribution in [3.05, 3.63) is 33.8 Å². The van der Waals surface area contributed by atoms with Gasteiger partial charge in [-0.1, -0.05) is 25.8 Å². The number of rotatable bonds is 5. The summed E-state index contributed by atoms with van der Waals surface area (Å²) in [7, 11) is 0. The van der Waals surface area contributed by atoms with Crippen LogP contribution in [0.15, 0.2) is 29.0 Å². The number of nitrogens with one attached hydrogen (secondary N) is 1. The van der Waals surface area contributed by atoms with Gasteiger partial charge in [0.25, 0.3) is 0 Å². The minimum Gasteiger partial charge on any atom is -0.312 e. The molecule has 2 aromatic rings. The Morgan fingerprint density at radius 2 is 2.26 bits per heavy atom. The Kier molecular flexibility index (Phi) is 4.36. The van der Waals surface area contributed by atoms with Gasteiger partial charge >= 0.3 is 0 Å². The molecule has 0 radical (unpaired) electrons. The molecule has 0 amide bonds. The van der Waals surface area contributed by atoms with Gasteiger partial charge in [-0.05, 0) is 47.7 Å². The van der Waals surface area contributed by atoms with Crippen LogP contribution in [0.25, 0.3) is 10.4 Å². The summed E-state index contributed by atoms with van der Waals surface area (Å²) in [5.41, 5.74) is 1.38. The SMILES string of the molecule is CC1CCCC1CNCc1cc(-c2cccs2)cs1. The van der Waals surface area contributed by atoms with E-state index in [1.807, 2.05) is 22.7 Å². The first-order chi connectivity index (χ1) is 9.33. The van der Waals surface area contributed by atoms with E-state index in [1.54, 1.807) is 0 Å². The van der Waals surface area contributed by atoms with Crippen molar-refractivity contribution >= 4 is 22.7 Å². The average molecular weight is 291 g/mol. The molecular formula is C16H21NS2. The van der Waals surface area contributed by atoms with Crippen molar-refractivity contribution in [1.82, 2.24) is 5.32 Å². The highest BCUT2D eigenvalue weighted by Crippen LogP contribution is 2.31. The molecule has 3 heteroatoms. The highest BCUT2D eigenvalue weighted by Gasteiger charge is 2.22. The Morgan fingerprint density at radius 1 is 1.32 bits per heavy atom. The predicted molar refractivity (Wildman–Crippen MR) is 85.8 cm³/mol. The second-order valence-electron chi connectivity index (χ2n) is 5.58. The molecule has 0 aromatic carbocycles. The number of thiophene rings is 2. The largest absolute Gasteiger partial charge is 0.312 e. The summed E-state index contributed by atoms with van der Waals surface area (Å²) in [4.78, 5) is 2.83. The minimum absolute atomic E-state index is 0.900. The summed E-state index contributed by atoms with van der Waals surface area (Å²) in [6.07, 6.45) is 4.27. The maximum Gasteiger partial charge on any atom is 0.0351 e. The topological polar surface area (TPSA) is 12.0 Å². The monoisotopic (exact) mass is 291 g/mol. The molecule has 1 saturated carbocycles. The molecule has 2 aromatic heterocycles. The van der Waals surface area contributed by atoms with Crippen molar-refractivity contribution in [1.29, 1.82) is 0 Å². The minimum atomic E-state index is 0.900. The fourth-order valence-corrected chi connectivity index (χ4v) is 4.59. The predicted octanol–water partition coefficient (Wildman–Crippen LogP) is 5.00. The molecule has 19 heavy (non-hydrogen) atoms. The Hall–Kier alpha value is -0.640. The second-order valence-corrected chi connectivity index (χ2v) is 7.52. The smallest absolute Gasteiger partial charge is 0.0351 e. The summed E-state index contributed by atoms with van der Waals surface area (Å²) >= 11 is 3.70. The molecule has 1 aliphatic rings. The lowest BCUT2D eigenvalue weighted by molar-refractivity contribution is 0.392. The Balaban J connectivity index is 1.50. The van der Waals surface area contributed by atoms with Gasteiger partial charge in [0.05, 0.1) is 0 Å². The van der Waals surface area contributed by atoms with Gasteiger partial charge in [0, 0.05) is 21.9 Å². The molecule has 102 valence electrons. The van der Waals surface area contributed by atoms with E-state index in [0.29, 0.717) is 0 Å². The third-order valence-corrected chi connectivity index (χ3v) is 6.06. The van der Waals surface area contributed by atoms with Crippen molar-refractivity contribution in [3.8, 4) is 10.4 Å². The summed E-state index contributed by atoms with van der Waals surface area (Å²) in [6.45, 7) is 4.62. The van der Waals surface area contributed by atoms with Crippen LogP contribution in [-0.4, -0.2) is 6.54 Å². The van der Waals surface area contributed by atoms with Gasteiger partial charge in [-0.3, -0.25) is 0 Å². The van der Waals surface area contributed by atoms with E-state index in [2.05, 4.69) is 41.2 Å². The first-order valence-electron chi connectivity index (χ1n) is 7.15. The molecule has 2 atom stereocenters. The maximum absolute atomic E-state index is 3.65. The Morgan fingerprint density at radius 3 is 3.00 bits per heavy atom. The van der Waals surface area contributed by atoms with Crippen molar-refractivity contribution in [3.63, 3.8) is 0 Å². The molecule has 1 N–H and O–H groups in total. The van der Waals surface area contributed by atoms with Crippen LogP contribution >= 0.6 is 22.7 Å². The van der Waals surface area contributed by atoms with Crippen LogP contribution in [0.2, 0.25) is 0 Å². The van der Waals surface area contributed by atoms with Crippen LogP contribution in [-0.2, 0) is 6.54 Å². The van der Waals surface area contributed by atoms with Gasteiger partial charge in [0.1, 0.15) is 0 Å². The van der Waals surface area contributed by atoms with Gasteiger partial charge in [-0.25, -0.2) is 0 Å². The third kappa shape index (κ3) is 3.28. The summed E-state index contributed by atoms with van der Waals surface area (Å²) < 4.78 is 0. The number of hydrogen-bond acceptors (Lipinski definition) is 3. The van der Waals surface area contributed by atoms with Gasteiger partial charge in [0.15, 0.2) is 0 Å². The van der Waals surface area contributed by atoms with E-state index in [0.717, 1.165) is 18.4 Å². The van der Waals surface area contributed by atoms with Gasteiger partial charge in [-0.15, -0.1) is 22.7 Å². The second kappa shape index (κ2) is 6.21. The first-order valence-corrected chi connectivity index (χ1v) is 8.91. The zero-order chi connectivity index (χ0) is 13.1. The molecule has 0 aliphatic heterocycles. The average Bonchev–Trinajstić information content (AvgIpc) is 3.11. The molecule has 2 heterocycles. The summed E-state index contributed by atoms with van der Waals surface area (Å²) in [5, 5.41) is 8.07. The van der Waals surface area contributed by atoms with Crippen molar-refractivity contribution in [2.75, 3.05) is 6.54 Å². The van der Waals surface area contributed by atoms with Crippen molar-refractivity contribution in [2.45, 2.75) is 32.7 Å². The van der Waals surface area contributed by atoms with Crippen molar-refractivity contribution < 1.29 is 0 Å². The first kappa shape index (κ1) is 13.3. The summed E-state index contributed by atoms with van der Waals surface area (Å²) in [5.74, 6) is 1.81. The van der Waals surface area contributed by atoms with Crippen molar-refractivity contribution in [2.24, 2.45) is 11.8 Å². The lowest BCUT2D eigenvalue weighted by Crippen LogP contribution is -2.23. The Bertz CT molecular complexity index is 501. The zero-order valence-electron chi connectivity index (χ0n) is 11.4. The molecule has 1 fully saturated rings. The Labute approximate surface area is 123 Å². The van der Waals surface area contributed by atoms with E-state index < -0.39 is 0 Å². The lowest BCUT2D eigenvalue weighted by Gasteiger charge is -2.15.